The minimum absolute atomic E-state index is 0.356. The third-order valence-electron chi connectivity index (χ3n) is 3.07. The smallest absolute Gasteiger partial charge is 0.137 e. The molecule has 106 valence electrons. The summed E-state index contributed by atoms with van der Waals surface area (Å²) in [5.74, 6) is 1.27. The largest absolute Gasteiger partial charge is 0.496 e. The second-order valence-electron chi connectivity index (χ2n) is 4.26. The quantitative estimate of drug-likeness (QED) is 0.926. The van der Waals surface area contributed by atoms with E-state index in [4.69, 9.17) is 38.4 Å². The Morgan fingerprint density at radius 2 is 1.65 bits per heavy atom. The molecule has 2 N–H and O–H groups in total. The summed E-state index contributed by atoms with van der Waals surface area (Å²) in [7, 11) is 3.16. The Labute approximate surface area is 128 Å². The highest BCUT2D eigenvalue weighted by molar-refractivity contribution is 6.32. The summed E-state index contributed by atoms with van der Waals surface area (Å²) in [6.07, 6.45) is 0. The number of hydrogen-bond donors (Lipinski definition) is 1. The maximum absolute atomic E-state index is 6.28. The summed E-state index contributed by atoms with van der Waals surface area (Å²) in [4.78, 5) is 0. The van der Waals surface area contributed by atoms with Crippen molar-refractivity contribution in [2.24, 2.45) is 5.73 Å². The van der Waals surface area contributed by atoms with Crippen LogP contribution in [-0.2, 0) is 0 Å². The summed E-state index contributed by atoms with van der Waals surface area (Å²) in [6.45, 7) is 0. The molecule has 0 aromatic heterocycles. The molecular weight excluding hydrogens is 297 g/mol. The van der Waals surface area contributed by atoms with Crippen molar-refractivity contribution in [3.63, 3.8) is 0 Å². The molecule has 0 bridgehead atoms. The fraction of sp³-hybridized carbons (Fsp3) is 0.200. The van der Waals surface area contributed by atoms with E-state index in [1.807, 2.05) is 12.1 Å². The first kappa shape index (κ1) is 15.0. The maximum Gasteiger partial charge on any atom is 0.137 e. The van der Waals surface area contributed by atoms with Crippen LogP contribution in [0.5, 0.6) is 11.5 Å². The van der Waals surface area contributed by atoms with Gasteiger partial charge in [0.2, 0.25) is 0 Å². The van der Waals surface area contributed by atoms with Gasteiger partial charge >= 0.3 is 0 Å². The fourth-order valence-corrected chi connectivity index (χ4v) is 2.43. The lowest BCUT2D eigenvalue weighted by Crippen LogP contribution is -2.13. The lowest BCUT2D eigenvalue weighted by Gasteiger charge is -2.17. The van der Waals surface area contributed by atoms with Crippen LogP contribution in [0.2, 0.25) is 10.0 Å². The Kier molecular flexibility index (Phi) is 4.76. The van der Waals surface area contributed by atoms with Crippen LogP contribution in [0.15, 0.2) is 36.4 Å². The van der Waals surface area contributed by atoms with Gasteiger partial charge in [-0.25, -0.2) is 0 Å². The lowest BCUT2D eigenvalue weighted by atomic mass is 9.98. The first-order chi connectivity index (χ1) is 9.56. The topological polar surface area (TPSA) is 44.5 Å². The minimum atomic E-state index is -0.356. The molecule has 0 amide bonds. The molecule has 20 heavy (non-hydrogen) atoms. The molecule has 5 heteroatoms. The molecule has 1 atom stereocenters. The highest BCUT2D eigenvalue weighted by atomic mass is 35.5. The Morgan fingerprint density at radius 3 is 2.25 bits per heavy atom. The van der Waals surface area contributed by atoms with Crippen molar-refractivity contribution in [2.45, 2.75) is 6.04 Å². The average molecular weight is 312 g/mol. The third-order valence-corrected chi connectivity index (χ3v) is 3.60. The van der Waals surface area contributed by atoms with Gasteiger partial charge in [0.15, 0.2) is 0 Å². The molecule has 2 rings (SSSR count). The molecule has 0 saturated heterocycles. The van der Waals surface area contributed by atoms with Crippen molar-refractivity contribution in [1.82, 2.24) is 0 Å². The van der Waals surface area contributed by atoms with Gasteiger partial charge in [-0.05, 0) is 29.8 Å². The van der Waals surface area contributed by atoms with Gasteiger partial charge in [0.25, 0.3) is 0 Å². The maximum atomic E-state index is 6.28. The molecule has 0 fully saturated rings. The highest BCUT2D eigenvalue weighted by Crippen LogP contribution is 2.33. The average Bonchev–Trinajstić information content (AvgIpc) is 2.46. The molecule has 0 aliphatic rings. The van der Waals surface area contributed by atoms with Gasteiger partial charge in [-0.15, -0.1) is 0 Å². The molecule has 2 aromatic carbocycles. The molecule has 0 heterocycles. The SMILES string of the molecule is COc1ccc(C(N)c2ccc(Cl)cc2OC)cc1Cl. The summed E-state index contributed by atoms with van der Waals surface area (Å²) in [6, 6.07) is 10.5. The zero-order valence-corrected chi connectivity index (χ0v) is 12.7. The number of rotatable bonds is 4. The number of halogens is 2. The molecule has 0 spiro atoms. The summed E-state index contributed by atoms with van der Waals surface area (Å²) >= 11 is 12.1. The lowest BCUT2D eigenvalue weighted by molar-refractivity contribution is 0.407. The second-order valence-corrected chi connectivity index (χ2v) is 5.10. The zero-order chi connectivity index (χ0) is 14.7. The Balaban J connectivity index is 2.40. The molecule has 0 aliphatic heterocycles. The van der Waals surface area contributed by atoms with E-state index in [1.165, 1.54) is 0 Å². The van der Waals surface area contributed by atoms with Crippen molar-refractivity contribution in [2.75, 3.05) is 14.2 Å². The predicted molar refractivity (Wildman–Crippen MR) is 82.0 cm³/mol. The van der Waals surface area contributed by atoms with Crippen LogP contribution in [0, 0.1) is 0 Å². The first-order valence-corrected chi connectivity index (χ1v) is 6.75. The van der Waals surface area contributed by atoms with Crippen LogP contribution in [0.1, 0.15) is 17.2 Å². The van der Waals surface area contributed by atoms with E-state index in [9.17, 15) is 0 Å². The molecule has 2 aromatic rings. The zero-order valence-electron chi connectivity index (χ0n) is 11.2. The fourth-order valence-electron chi connectivity index (χ4n) is 2.00. The van der Waals surface area contributed by atoms with Crippen molar-refractivity contribution in [1.29, 1.82) is 0 Å². The third kappa shape index (κ3) is 3.01. The van der Waals surface area contributed by atoms with E-state index < -0.39 is 0 Å². The molecule has 0 aliphatic carbocycles. The van der Waals surface area contributed by atoms with Gasteiger partial charge in [-0.1, -0.05) is 35.3 Å². The van der Waals surface area contributed by atoms with E-state index in [-0.39, 0.29) is 6.04 Å². The minimum Gasteiger partial charge on any atom is -0.496 e. The van der Waals surface area contributed by atoms with E-state index in [2.05, 4.69) is 0 Å². The van der Waals surface area contributed by atoms with Gasteiger partial charge in [-0.3, -0.25) is 0 Å². The number of benzene rings is 2. The summed E-state index contributed by atoms with van der Waals surface area (Å²) in [5, 5.41) is 1.12. The monoisotopic (exact) mass is 311 g/mol. The Bertz CT molecular complexity index is 617. The molecule has 3 nitrogen and oxygen atoms in total. The van der Waals surface area contributed by atoms with Gasteiger partial charge in [0, 0.05) is 10.6 Å². The van der Waals surface area contributed by atoms with Gasteiger partial charge in [-0.2, -0.15) is 0 Å². The first-order valence-electron chi connectivity index (χ1n) is 5.99. The van der Waals surface area contributed by atoms with Gasteiger partial charge < -0.3 is 15.2 Å². The van der Waals surface area contributed by atoms with Gasteiger partial charge in [0.05, 0.1) is 25.3 Å². The standard InChI is InChI=1S/C15H15Cl2NO2/c1-19-13-6-3-9(7-12(13)17)15(18)11-5-4-10(16)8-14(11)20-2/h3-8,15H,18H2,1-2H3. The van der Waals surface area contributed by atoms with Crippen LogP contribution in [0.3, 0.4) is 0 Å². The van der Waals surface area contributed by atoms with Crippen molar-refractivity contribution < 1.29 is 9.47 Å². The number of ether oxygens (including phenoxy) is 2. The molecule has 1 unspecified atom stereocenters. The highest BCUT2D eigenvalue weighted by Gasteiger charge is 2.15. The van der Waals surface area contributed by atoms with Crippen LogP contribution < -0.4 is 15.2 Å². The molecule has 0 saturated carbocycles. The Morgan fingerprint density at radius 1 is 0.950 bits per heavy atom. The van der Waals surface area contributed by atoms with Crippen molar-refractivity contribution in [3.8, 4) is 11.5 Å². The summed E-state index contributed by atoms with van der Waals surface area (Å²) < 4.78 is 10.5. The van der Waals surface area contributed by atoms with Crippen LogP contribution in [0.25, 0.3) is 0 Å². The van der Waals surface area contributed by atoms with Crippen molar-refractivity contribution >= 4 is 23.2 Å². The van der Waals surface area contributed by atoms with E-state index >= 15 is 0 Å². The summed E-state index contributed by atoms with van der Waals surface area (Å²) in [5.41, 5.74) is 8.00. The van der Waals surface area contributed by atoms with Crippen LogP contribution in [-0.4, -0.2) is 14.2 Å². The number of hydrogen-bond acceptors (Lipinski definition) is 3. The second kappa shape index (κ2) is 6.35. The molecule has 0 radical (unpaired) electrons. The number of methoxy groups -OCH3 is 2. The van der Waals surface area contributed by atoms with E-state index in [1.54, 1.807) is 38.5 Å². The van der Waals surface area contributed by atoms with E-state index in [0.717, 1.165) is 11.1 Å². The van der Waals surface area contributed by atoms with E-state index in [0.29, 0.717) is 21.5 Å². The van der Waals surface area contributed by atoms with Crippen LogP contribution in [0.4, 0.5) is 0 Å². The van der Waals surface area contributed by atoms with Gasteiger partial charge in [0.1, 0.15) is 11.5 Å². The predicted octanol–water partition coefficient (Wildman–Crippen LogP) is 4.06. The Hall–Kier alpha value is -1.42. The molecular formula is C15H15Cl2NO2. The number of nitrogens with two attached hydrogens (primary N) is 1. The van der Waals surface area contributed by atoms with Crippen molar-refractivity contribution in [3.05, 3.63) is 57.6 Å². The van der Waals surface area contributed by atoms with Crippen LogP contribution >= 0.6 is 23.2 Å². The normalized spacial score (nSPS) is 12.1.